The molecule has 1 rings (SSSR count). The Morgan fingerprint density at radius 1 is 1.40 bits per heavy atom. The number of anilines is 1. The highest BCUT2D eigenvalue weighted by molar-refractivity contribution is 5.84. The third-order valence-corrected chi connectivity index (χ3v) is 3.11. The minimum Gasteiger partial charge on any atom is -0.481 e. The molecule has 0 aliphatic heterocycles. The summed E-state index contributed by atoms with van der Waals surface area (Å²) in [4.78, 5) is 11.4. The van der Waals surface area contributed by atoms with Crippen LogP contribution in [0, 0.1) is 0 Å². The molecule has 0 amide bonds. The van der Waals surface area contributed by atoms with E-state index in [-0.39, 0.29) is 17.7 Å². The topological polar surface area (TPSA) is 72.5 Å². The molecule has 1 aromatic carbocycles. The van der Waals surface area contributed by atoms with Gasteiger partial charge >= 0.3 is 12.3 Å². The number of aliphatic carboxylic acids is 1. The van der Waals surface area contributed by atoms with Crippen molar-refractivity contribution in [2.45, 2.75) is 38.5 Å². The lowest BCUT2D eigenvalue weighted by molar-refractivity contribution is -0.274. The average molecular weight is 291 g/mol. The van der Waals surface area contributed by atoms with Crippen molar-refractivity contribution in [3.05, 3.63) is 23.8 Å². The number of carboxylic acid groups (broad SMARTS) is 1. The number of hydrogen-bond donors (Lipinski definition) is 2. The van der Waals surface area contributed by atoms with Crippen molar-refractivity contribution in [3.63, 3.8) is 0 Å². The van der Waals surface area contributed by atoms with E-state index >= 15 is 0 Å². The fourth-order valence-electron chi connectivity index (χ4n) is 2.10. The number of benzene rings is 1. The van der Waals surface area contributed by atoms with Gasteiger partial charge in [-0.05, 0) is 25.0 Å². The zero-order valence-corrected chi connectivity index (χ0v) is 11.1. The Morgan fingerprint density at radius 2 is 2.00 bits per heavy atom. The van der Waals surface area contributed by atoms with Crippen molar-refractivity contribution in [1.29, 1.82) is 0 Å². The van der Waals surface area contributed by atoms with Gasteiger partial charge in [-0.3, -0.25) is 4.79 Å². The van der Waals surface area contributed by atoms with Crippen LogP contribution in [-0.4, -0.2) is 17.4 Å². The second-order valence-corrected chi connectivity index (χ2v) is 4.65. The van der Waals surface area contributed by atoms with E-state index in [4.69, 9.17) is 5.73 Å². The van der Waals surface area contributed by atoms with Crippen LogP contribution in [0.4, 0.5) is 18.9 Å². The number of hydrogen-bond acceptors (Lipinski definition) is 3. The van der Waals surface area contributed by atoms with E-state index in [2.05, 4.69) is 4.74 Å². The first-order valence-corrected chi connectivity index (χ1v) is 6.00. The van der Waals surface area contributed by atoms with Crippen LogP contribution in [0.15, 0.2) is 18.2 Å². The average Bonchev–Trinajstić information content (AvgIpc) is 2.30. The lowest BCUT2D eigenvalue weighted by atomic mass is 9.78. The number of para-hydroxylation sites is 1. The van der Waals surface area contributed by atoms with Crippen LogP contribution in [0.25, 0.3) is 0 Å². The summed E-state index contributed by atoms with van der Waals surface area (Å²) in [6.07, 6.45) is -4.08. The number of carbonyl (C=O) groups is 1. The molecule has 4 nitrogen and oxygen atoms in total. The zero-order chi connectivity index (χ0) is 15.6. The molecule has 0 aliphatic rings. The van der Waals surface area contributed by atoms with Crippen LogP contribution in [0.5, 0.6) is 5.75 Å². The smallest absolute Gasteiger partial charge is 0.481 e. The molecule has 112 valence electrons. The van der Waals surface area contributed by atoms with Gasteiger partial charge in [0.05, 0.1) is 11.1 Å². The van der Waals surface area contributed by atoms with Crippen LogP contribution < -0.4 is 10.5 Å². The second-order valence-electron chi connectivity index (χ2n) is 4.65. The molecule has 0 saturated heterocycles. The van der Waals surface area contributed by atoms with Crippen LogP contribution in [0.2, 0.25) is 0 Å². The Balaban J connectivity index is 3.32. The van der Waals surface area contributed by atoms with Crippen molar-refractivity contribution in [2.75, 3.05) is 5.73 Å². The van der Waals surface area contributed by atoms with Gasteiger partial charge in [0.1, 0.15) is 0 Å². The molecule has 1 aromatic rings. The highest BCUT2D eigenvalue weighted by atomic mass is 19.4. The Labute approximate surface area is 114 Å². The van der Waals surface area contributed by atoms with Crippen molar-refractivity contribution in [2.24, 2.45) is 0 Å². The third-order valence-electron chi connectivity index (χ3n) is 3.11. The number of carboxylic acids is 1. The number of alkyl halides is 3. The molecule has 0 bridgehead atoms. The fraction of sp³-hybridized carbons (Fsp3) is 0.462. The molecule has 7 heteroatoms. The summed E-state index contributed by atoms with van der Waals surface area (Å²) in [7, 11) is 0. The lowest BCUT2D eigenvalue weighted by Crippen LogP contribution is -2.33. The van der Waals surface area contributed by atoms with E-state index in [0.717, 1.165) is 6.07 Å². The quantitative estimate of drug-likeness (QED) is 0.816. The number of ether oxygens (including phenoxy) is 1. The summed E-state index contributed by atoms with van der Waals surface area (Å²) in [5.41, 5.74) is 4.12. The maximum atomic E-state index is 12.3. The van der Waals surface area contributed by atoms with Crippen LogP contribution in [0.3, 0.4) is 0 Å². The lowest BCUT2D eigenvalue weighted by Gasteiger charge is -2.27. The Morgan fingerprint density at radius 3 is 2.45 bits per heavy atom. The van der Waals surface area contributed by atoms with E-state index in [0.29, 0.717) is 6.42 Å². The molecule has 0 fully saturated rings. The summed E-state index contributed by atoms with van der Waals surface area (Å²) in [5.74, 6) is -1.73. The molecule has 0 aromatic heterocycles. The van der Waals surface area contributed by atoms with E-state index in [9.17, 15) is 23.1 Å². The molecule has 0 spiro atoms. The molecule has 0 radical (unpaired) electrons. The van der Waals surface area contributed by atoms with Gasteiger partial charge in [0.2, 0.25) is 0 Å². The van der Waals surface area contributed by atoms with Gasteiger partial charge < -0.3 is 15.6 Å². The van der Waals surface area contributed by atoms with Crippen LogP contribution in [0.1, 0.15) is 32.3 Å². The minimum absolute atomic E-state index is 0.119. The normalized spacial score (nSPS) is 14.7. The number of nitrogens with two attached hydrogens (primary N) is 1. The van der Waals surface area contributed by atoms with E-state index in [1.807, 2.05) is 0 Å². The predicted molar refractivity (Wildman–Crippen MR) is 67.4 cm³/mol. The minimum atomic E-state index is -4.88. The fourth-order valence-corrected chi connectivity index (χ4v) is 2.10. The third kappa shape index (κ3) is 3.34. The van der Waals surface area contributed by atoms with Gasteiger partial charge in [0, 0.05) is 0 Å². The SMILES string of the molecule is CCCC(C)(C(=O)O)c1cccc(OC(F)(F)F)c1N. The molecule has 20 heavy (non-hydrogen) atoms. The first-order valence-electron chi connectivity index (χ1n) is 6.00. The summed E-state index contributed by atoms with van der Waals surface area (Å²) in [6.45, 7) is 3.22. The molecule has 3 N–H and O–H groups in total. The summed E-state index contributed by atoms with van der Waals surface area (Å²) in [6, 6.07) is 3.76. The number of rotatable bonds is 5. The second kappa shape index (κ2) is 5.60. The van der Waals surface area contributed by atoms with Gasteiger partial charge in [-0.1, -0.05) is 25.5 Å². The molecule has 0 heterocycles. The van der Waals surface area contributed by atoms with Gasteiger partial charge in [0.25, 0.3) is 0 Å². The number of halogens is 3. The maximum absolute atomic E-state index is 12.3. The van der Waals surface area contributed by atoms with Gasteiger partial charge in [-0.25, -0.2) is 0 Å². The first-order chi connectivity index (χ1) is 9.12. The molecular formula is C13H16F3NO3. The highest BCUT2D eigenvalue weighted by Gasteiger charge is 2.38. The predicted octanol–water partition coefficient (Wildman–Crippen LogP) is 3.31. The molecule has 1 unspecified atom stereocenters. The Hall–Kier alpha value is -1.92. The van der Waals surface area contributed by atoms with Gasteiger partial charge in [-0.2, -0.15) is 0 Å². The maximum Gasteiger partial charge on any atom is 0.573 e. The monoisotopic (exact) mass is 291 g/mol. The highest BCUT2D eigenvalue weighted by Crippen LogP contribution is 2.39. The summed E-state index contributed by atoms with van der Waals surface area (Å²) < 4.78 is 40.6. The van der Waals surface area contributed by atoms with Crippen molar-refractivity contribution in [1.82, 2.24) is 0 Å². The number of nitrogen functional groups attached to an aromatic ring is 1. The molecule has 0 aliphatic carbocycles. The van der Waals surface area contributed by atoms with E-state index in [1.54, 1.807) is 6.92 Å². The Kier molecular flexibility index (Phi) is 4.52. The molecular weight excluding hydrogens is 275 g/mol. The summed E-state index contributed by atoms with van der Waals surface area (Å²) >= 11 is 0. The van der Waals surface area contributed by atoms with Crippen LogP contribution in [-0.2, 0) is 10.2 Å². The van der Waals surface area contributed by atoms with Crippen molar-refractivity contribution in [3.8, 4) is 5.75 Å². The van der Waals surface area contributed by atoms with Crippen molar-refractivity contribution >= 4 is 11.7 Å². The standard InChI is InChI=1S/C13H16F3NO3/c1-3-7-12(2,11(18)19)8-5-4-6-9(10(8)17)20-13(14,15)16/h4-6H,3,7,17H2,1-2H3,(H,18,19). The molecule has 1 atom stereocenters. The van der Waals surface area contributed by atoms with Crippen LogP contribution >= 0.6 is 0 Å². The van der Waals surface area contributed by atoms with Crippen molar-refractivity contribution < 1.29 is 27.8 Å². The first kappa shape index (κ1) is 16.1. The van der Waals surface area contributed by atoms with E-state index < -0.39 is 23.5 Å². The molecule has 0 saturated carbocycles. The Bertz CT molecular complexity index is 502. The zero-order valence-electron chi connectivity index (χ0n) is 11.1. The van der Waals surface area contributed by atoms with E-state index in [1.165, 1.54) is 19.1 Å². The largest absolute Gasteiger partial charge is 0.573 e. The summed E-state index contributed by atoms with van der Waals surface area (Å²) in [5, 5.41) is 9.35. The van der Waals surface area contributed by atoms with Gasteiger partial charge in [0.15, 0.2) is 5.75 Å². The van der Waals surface area contributed by atoms with Gasteiger partial charge in [-0.15, -0.1) is 13.2 Å².